The molecule has 0 aliphatic carbocycles. The lowest BCUT2D eigenvalue weighted by Crippen LogP contribution is -2.28. The van der Waals surface area contributed by atoms with Crippen LogP contribution in [-0.4, -0.2) is 31.4 Å². The predicted octanol–water partition coefficient (Wildman–Crippen LogP) is 2.34. The zero-order valence-corrected chi connectivity index (χ0v) is 14.2. The molecule has 2 heterocycles. The lowest BCUT2D eigenvalue weighted by molar-refractivity contribution is 0.0635. The second-order valence-electron chi connectivity index (χ2n) is 6.40. The molecule has 0 aromatic carbocycles. The Kier molecular flexibility index (Phi) is 5.05. The van der Waals surface area contributed by atoms with E-state index in [1.807, 2.05) is 45.5 Å². The third kappa shape index (κ3) is 4.82. The van der Waals surface area contributed by atoms with Crippen molar-refractivity contribution in [1.82, 2.24) is 25.1 Å². The average molecular weight is 320 g/mol. The van der Waals surface area contributed by atoms with Crippen molar-refractivity contribution in [2.24, 2.45) is 7.05 Å². The number of hydrogen-bond donors (Lipinski definition) is 3. The topological polar surface area (TPSA) is 96.9 Å². The van der Waals surface area contributed by atoms with E-state index in [2.05, 4.69) is 25.8 Å². The zero-order chi connectivity index (χ0) is 17.0. The maximum absolute atomic E-state index is 11.8. The van der Waals surface area contributed by atoms with E-state index >= 15 is 0 Å². The van der Waals surface area contributed by atoms with E-state index in [1.54, 1.807) is 12.4 Å². The van der Waals surface area contributed by atoms with Crippen LogP contribution in [0.25, 0.3) is 0 Å². The molecule has 23 heavy (non-hydrogen) atoms. The summed E-state index contributed by atoms with van der Waals surface area (Å²) in [7, 11) is 1.95. The molecule has 8 nitrogen and oxygen atoms in total. The second kappa shape index (κ2) is 6.82. The summed E-state index contributed by atoms with van der Waals surface area (Å²) in [6, 6.07) is 0.0688. The van der Waals surface area contributed by atoms with E-state index in [0.29, 0.717) is 12.4 Å². The third-order valence-electron chi connectivity index (χ3n) is 3.19. The van der Waals surface area contributed by atoms with E-state index in [4.69, 9.17) is 4.74 Å². The molecule has 0 saturated carbocycles. The van der Waals surface area contributed by atoms with Gasteiger partial charge < -0.3 is 14.6 Å². The molecule has 2 aromatic heterocycles. The van der Waals surface area contributed by atoms with Crippen molar-refractivity contribution in [3.63, 3.8) is 0 Å². The highest BCUT2D eigenvalue weighted by Gasteiger charge is 2.18. The number of nitrogens with one attached hydrogen (secondary N) is 3. The maximum atomic E-state index is 11.8. The summed E-state index contributed by atoms with van der Waals surface area (Å²) in [5.41, 5.74) is 0.298. The number of carbonyl (C=O) groups is 1. The fraction of sp³-hybridized carbons (Fsp3) is 0.533. The van der Waals surface area contributed by atoms with E-state index < -0.39 is 11.7 Å². The van der Waals surface area contributed by atoms with E-state index in [-0.39, 0.29) is 6.04 Å². The number of aromatic nitrogens is 4. The Morgan fingerprint density at radius 2 is 2.22 bits per heavy atom. The van der Waals surface area contributed by atoms with Crippen LogP contribution in [0.2, 0.25) is 0 Å². The molecule has 8 heteroatoms. The first-order valence-electron chi connectivity index (χ1n) is 7.49. The van der Waals surface area contributed by atoms with Gasteiger partial charge in [-0.3, -0.25) is 10.4 Å². The molecule has 0 spiro atoms. The van der Waals surface area contributed by atoms with Gasteiger partial charge in [0.15, 0.2) is 0 Å². The van der Waals surface area contributed by atoms with Crippen LogP contribution in [0.3, 0.4) is 0 Å². The number of hydrogen-bond acceptors (Lipinski definition) is 5. The number of anilines is 1. The van der Waals surface area contributed by atoms with Crippen molar-refractivity contribution < 1.29 is 9.53 Å². The van der Waals surface area contributed by atoms with Gasteiger partial charge in [-0.05, 0) is 27.7 Å². The molecular formula is C15H24N6O2. The first-order chi connectivity index (χ1) is 10.8. The standard InChI is InChI=1S/C15H24N6O2/c1-10(13-16-6-7-21(13)5)17-8-11-9-18-20-12(11)19-14(22)23-15(2,3)4/h6-7,9-10,17H,8H2,1-5H3,(H2,18,19,20,22). The van der Waals surface area contributed by atoms with Crippen molar-refractivity contribution in [2.75, 3.05) is 5.32 Å². The Morgan fingerprint density at radius 3 is 2.83 bits per heavy atom. The quantitative estimate of drug-likeness (QED) is 0.785. The molecule has 1 unspecified atom stereocenters. The molecule has 2 aromatic rings. The van der Waals surface area contributed by atoms with Crippen molar-refractivity contribution in [2.45, 2.75) is 45.9 Å². The number of amides is 1. The molecular weight excluding hydrogens is 296 g/mol. The summed E-state index contributed by atoms with van der Waals surface area (Å²) in [5, 5.41) is 12.8. The molecule has 0 aliphatic heterocycles. The van der Waals surface area contributed by atoms with Crippen LogP contribution in [0.4, 0.5) is 10.6 Å². The van der Waals surface area contributed by atoms with Crippen LogP contribution in [0.15, 0.2) is 18.6 Å². The fourth-order valence-electron chi connectivity index (χ4n) is 2.11. The monoisotopic (exact) mass is 320 g/mol. The number of H-pyrrole nitrogens is 1. The van der Waals surface area contributed by atoms with Gasteiger partial charge in [-0.25, -0.2) is 9.78 Å². The number of aryl methyl sites for hydroxylation is 1. The van der Waals surface area contributed by atoms with Gasteiger partial charge in [-0.1, -0.05) is 0 Å². The van der Waals surface area contributed by atoms with Crippen molar-refractivity contribution in [1.29, 1.82) is 0 Å². The van der Waals surface area contributed by atoms with Gasteiger partial charge in [-0.2, -0.15) is 5.10 Å². The Balaban J connectivity index is 1.93. The Morgan fingerprint density at radius 1 is 1.48 bits per heavy atom. The Labute approximate surface area is 135 Å². The number of imidazole rings is 1. The number of rotatable bonds is 5. The molecule has 0 aliphatic rings. The lowest BCUT2D eigenvalue weighted by Gasteiger charge is -2.19. The van der Waals surface area contributed by atoms with Gasteiger partial charge in [0, 0.05) is 31.5 Å². The Hall–Kier alpha value is -2.35. The summed E-state index contributed by atoms with van der Waals surface area (Å²) in [6.45, 7) is 8.02. The van der Waals surface area contributed by atoms with Crippen LogP contribution >= 0.6 is 0 Å². The summed E-state index contributed by atoms with van der Waals surface area (Å²) >= 11 is 0. The molecule has 1 amide bonds. The molecule has 0 fully saturated rings. The predicted molar refractivity (Wildman–Crippen MR) is 86.9 cm³/mol. The minimum atomic E-state index is -0.546. The maximum Gasteiger partial charge on any atom is 0.413 e. The van der Waals surface area contributed by atoms with Gasteiger partial charge in [0.2, 0.25) is 0 Å². The van der Waals surface area contributed by atoms with Crippen LogP contribution in [-0.2, 0) is 18.3 Å². The largest absolute Gasteiger partial charge is 0.444 e. The minimum absolute atomic E-state index is 0.0688. The SMILES string of the molecule is CC(NCc1cn[nH]c1NC(=O)OC(C)(C)C)c1nccn1C. The number of ether oxygens (including phenoxy) is 1. The minimum Gasteiger partial charge on any atom is -0.444 e. The van der Waals surface area contributed by atoms with E-state index in [0.717, 1.165) is 11.4 Å². The molecule has 0 bridgehead atoms. The molecule has 126 valence electrons. The van der Waals surface area contributed by atoms with Gasteiger partial charge >= 0.3 is 6.09 Å². The number of carbonyl (C=O) groups excluding carboxylic acids is 1. The highest BCUT2D eigenvalue weighted by atomic mass is 16.6. The summed E-state index contributed by atoms with van der Waals surface area (Å²) in [6.07, 6.45) is 4.83. The average Bonchev–Trinajstić information content (AvgIpc) is 3.03. The lowest BCUT2D eigenvalue weighted by atomic mass is 10.2. The molecule has 0 radical (unpaired) electrons. The molecule has 1 atom stereocenters. The fourth-order valence-corrected chi connectivity index (χ4v) is 2.11. The second-order valence-corrected chi connectivity index (χ2v) is 6.40. The van der Waals surface area contributed by atoms with Crippen LogP contribution in [0.1, 0.15) is 45.1 Å². The summed E-state index contributed by atoms with van der Waals surface area (Å²) < 4.78 is 7.20. The van der Waals surface area contributed by atoms with Gasteiger partial charge in [0.05, 0.1) is 12.2 Å². The van der Waals surface area contributed by atoms with Crippen molar-refractivity contribution in [3.05, 3.63) is 30.0 Å². The van der Waals surface area contributed by atoms with E-state index in [1.165, 1.54) is 0 Å². The highest BCUT2D eigenvalue weighted by molar-refractivity contribution is 5.84. The summed E-state index contributed by atoms with van der Waals surface area (Å²) in [4.78, 5) is 16.1. The van der Waals surface area contributed by atoms with Gasteiger partial charge in [0.1, 0.15) is 17.2 Å². The van der Waals surface area contributed by atoms with Crippen LogP contribution in [0.5, 0.6) is 0 Å². The smallest absolute Gasteiger partial charge is 0.413 e. The van der Waals surface area contributed by atoms with E-state index in [9.17, 15) is 4.79 Å². The highest BCUT2D eigenvalue weighted by Crippen LogP contribution is 2.16. The first kappa shape index (κ1) is 17.0. The number of nitrogens with zero attached hydrogens (tertiary/aromatic N) is 3. The van der Waals surface area contributed by atoms with Crippen molar-refractivity contribution >= 4 is 11.9 Å². The van der Waals surface area contributed by atoms with Crippen LogP contribution in [0, 0.1) is 0 Å². The van der Waals surface area contributed by atoms with Gasteiger partial charge in [0.25, 0.3) is 0 Å². The van der Waals surface area contributed by atoms with Crippen molar-refractivity contribution in [3.8, 4) is 0 Å². The molecule has 0 saturated heterocycles. The number of aromatic amines is 1. The first-order valence-corrected chi connectivity index (χ1v) is 7.49. The Bertz CT molecular complexity index is 655. The molecule has 2 rings (SSSR count). The zero-order valence-electron chi connectivity index (χ0n) is 14.2. The molecule has 3 N–H and O–H groups in total. The normalized spacial score (nSPS) is 12.9. The third-order valence-corrected chi connectivity index (χ3v) is 3.19. The van der Waals surface area contributed by atoms with Gasteiger partial charge in [-0.15, -0.1) is 0 Å². The van der Waals surface area contributed by atoms with Crippen LogP contribution < -0.4 is 10.6 Å². The summed E-state index contributed by atoms with van der Waals surface area (Å²) in [5.74, 6) is 1.47.